The molecule has 10 heteroatoms. The number of carbonyl (C=O) groups excluding carboxylic acids is 1. The molecule has 34 heavy (non-hydrogen) atoms. The third kappa shape index (κ3) is 6.03. The molecule has 1 N–H and O–H groups in total. The van der Waals surface area contributed by atoms with E-state index in [1.807, 2.05) is 19.1 Å². The van der Waals surface area contributed by atoms with Gasteiger partial charge in [-0.2, -0.15) is 0 Å². The van der Waals surface area contributed by atoms with Gasteiger partial charge >= 0.3 is 0 Å². The minimum absolute atomic E-state index is 0.0389. The van der Waals surface area contributed by atoms with E-state index in [4.69, 9.17) is 0 Å². The fourth-order valence-electron chi connectivity index (χ4n) is 3.23. The van der Waals surface area contributed by atoms with E-state index in [9.17, 15) is 19.3 Å². The van der Waals surface area contributed by atoms with Gasteiger partial charge in [0.1, 0.15) is 10.8 Å². The first-order chi connectivity index (χ1) is 16.4. The number of nitro groups is 1. The smallest absolute Gasteiger partial charge is 0.269 e. The van der Waals surface area contributed by atoms with E-state index in [0.29, 0.717) is 17.7 Å². The number of benzene rings is 3. The fraction of sp³-hybridized carbons (Fsp3) is 0.125. The molecule has 0 saturated heterocycles. The highest BCUT2D eigenvalue weighted by molar-refractivity contribution is 8.01. The Morgan fingerprint density at radius 1 is 1.06 bits per heavy atom. The monoisotopic (exact) mass is 494 g/mol. The van der Waals surface area contributed by atoms with Gasteiger partial charge in [-0.3, -0.25) is 14.9 Å². The van der Waals surface area contributed by atoms with Crippen LogP contribution >= 0.6 is 23.1 Å². The molecule has 7 nitrogen and oxygen atoms in total. The molecule has 0 saturated carbocycles. The number of nitrogens with zero attached hydrogens (tertiary/aromatic N) is 3. The molecule has 0 fully saturated rings. The molecular weight excluding hydrogens is 475 g/mol. The Hall–Kier alpha value is -3.63. The van der Waals surface area contributed by atoms with Crippen molar-refractivity contribution < 1.29 is 14.1 Å². The van der Waals surface area contributed by atoms with Crippen LogP contribution in [0.3, 0.4) is 0 Å². The van der Waals surface area contributed by atoms with Gasteiger partial charge in [-0.1, -0.05) is 47.4 Å². The lowest BCUT2D eigenvalue weighted by atomic mass is 10.0. The molecule has 4 aromatic rings. The molecule has 0 aliphatic rings. The lowest BCUT2D eigenvalue weighted by Gasteiger charge is -2.16. The van der Waals surface area contributed by atoms with Gasteiger partial charge in [-0.05, 0) is 60.9 Å². The molecule has 0 radical (unpaired) electrons. The van der Waals surface area contributed by atoms with E-state index in [1.54, 1.807) is 36.0 Å². The van der Waals surface area contributed by atoms with Gasteiger partial charge in [0, 0.05) is 28.6 Å². The molecule has 1 unspecified atom stereocenters. The third-order valence-corrected chi connectivity index (χ3v) is 7.14. The zero-order valence-corrected chi connectivity index (χ0v) is 19.6. The normalized spacial score (nSPS) is 11.7. The van der Waals surface area contributed by atoms with Gasteiger partial charge < -0.3 is 5.32 Å². The van der Waals surface area contributed by atoms with Gasteiger partial charge in [0.2, 0.25) is 0 Å². The molecule has 1 atom stereocenters. The lowest BCUT2D eigenvalue weighted by molar-refractivity contribution is -0.384. The summed E-state index contributed by atoms with van der Waals surface area (Å²) in [6.45, 7) is 1.89. The van der Waals surface area contributed by atoms with E-state index < -0.39 is 4.92 Å². The van der Waals surface area contributed by atoms with E-state index >= 15 is 0 Å². The minimum Gasteiger partial charge on any atom is -0.322 e. The Morgan fingerprint density at radius 3 is 2.32 bits per heavy atom. The van der Waals surface area contributed by atoms with Crippen molar-refractivity contribution in [2.24, 2.45) is 0 Å². The van der Waals surface area contributed by atoms with Crippen LogP contribution in [0.5, 0.6) is 0 Å². The number of nitrogens with one attached hydrogen (secondary N) is 1. The maximum Gasteiger partial charge on any atom is 0.269 e. The van der Waals surface area contributed by atoms with Crippen LogP contribution in [-0.4, -0.2) is 21.0 Å². The number of rotatable bonds is 8. The average Bonchev–Trinajstić information content (AvgIpc) is 3.25. The second kappa shape index (κ2) is 10.5. The summed E-state index contributed by atoms with van der Waals surface area (Å²) in [4.78, 5) is 23.1. The zero-order chi connectivity index (χ0) is 24.1. The predicted molar refractivity (Wildman–Crippen MR) is 131 cm³/mol. The largest absolute Gasteiger partial charge is 0.322 e. The molecule has 1 heterocycles. The van der Waals surface area contributed by atoms with Crippen LogP contribution in [0, 0.1) is 22.9 Å². The Bertz CT molecular complexity index is 1290. The second-order valence-corrected chi connectivity index (χ2v) is 10.0. The Balaban J connectivity index is 1.53. The number of nitro benzene ring substituents is 1. The third-order valence-electron chi connectivity index (χ3n) is 4.97. The number of hydrogen-bond acceptors (Lipinski definition) is 7. The van der Waals surface area contributed by atoms with Gasteiger partial charge in [0.25, 0.3) is 11.6 Å². The summed E-state index contributed by atoms with van der Waals surface area (Å²) in [7, 11) is 0. The number of amides is 1. The molecule has 172 valence electrons. The SMILES string of the molecule is Cc1nnc(SC(Cc2ccc([N+](=O)[O-])cc2)c2ccc(C(=O)Nc3ccc(F)cc3)cc2)s1. The molecule has 4 rings (SSSR count). The van der Waals surface area contributed by atoms with Crippen molar-refractivity contribution >= 4 is 40.4 Å². The van der Waals surface area contributed by atoms with Crippen LogP contribution < -0.4 is 5.32 Å². The first-order valence-electron chi connectivity index (χ1n) is 10.2. The molecule has 1 amide bonds. The minimum atomic E-state index is -0.421. The van der Waals surface area contributed by atoms with Crippen molar-refractivity contribution in [2.75, 3.05) is 5.32 Å². The standard InChI is InChI=1S/C24H19FN4O3S2/c1-15-27-28-24(33-15)34-22(14-16-2-12-21(13-3-16)29(31)32)17-4-6-18(7-5-17)23(30)26-20-10-8-19(25)9-11-20/h2-13,22H,14H2,1H3,(H,26,30). The van der Waals surface area contributed by atoms with E-state index in [1.165, 1.54) is 47.7 Å². The highest BCUT2D eigenvalue weighted by Crippen LogP contribution is 2.39. The number of halogens is 1. The molecular formula is C24H19FN4O3S2. The second-order valence-electron chi connectivity index (χ2n) is 7.40. The first kappa shape index (κ1) is 23.5. The summed E-state index contributed by atoms with van der Waals surface area (Å²) in [5.74, 6) is -0.665. The fourth-order valence-corrected chi connectivity index (χ4v) is 5.45. The lowest BCUT2D eigenvalue weighted by Crippen LogP contribution is -2.12. The number of anilines is 1. The quantitative estimate of drug-likeness (QED) is 0.177. The van der Waals surface area contributed by atoms with Crippen molar-refractivity contribution in [1.29, 1.82) is 0 Å². The number of thioether (sulfide) groups is 1. The highest BCUT2D eigenvalue weighted by atomic mass is 32.2. The Labute approximate surface area is 203 Å². The molecule has 0 aliphatic heterocycles. The first-order valence-corrected chi connectivity index (χ1v) is 11.9. The number of non-ortho nitro benzene ring substituents is 1. The van der Waals surface area contributed by atoms with Crippen LogP contribution in [0.25, 0.3) is 0 Å². The van der Waals surface area contributed by atoms with Gasteiger partial charge in [0.05, 0.1) is 4.92 Å². The molecule has 3 aromatic carbocycles. The number of hydrogen-bond donors (Lipinski definition) is 1. The zero-order valence-electron chi connectivity index (χ0n) is 18.0. The molecule has 1 aromatic heterocycles. The molecule has 0 aliphatic carbocycles. The molecule has 0 spiro atoms. The van der Waals surface area contributed by atoms with Crippen LogP contribution in [0.15, 0.2) is 77.1 Å². The maximum absolute atomic E-state index is 13.1. The van der Waals surface area contributed by atoms with Crippen molar-refractivity contribution in [2.45, 2.75) is 22.9 Å². The van der Waals surface area contributed by atoms with Gasteiger partial charge in [-0.15, -0.1) is 10.2 Å². The summed E-state index contributed by atoms with van der Waals surface area (Å²) in [6.07, 6.45) is 0.614. The predicted octanol–water partition coefficient (Wildman–Crippen LogP) is 6.22. The number of aromatic nitrogens is 2. The van der Waals surface area contributed by atoms with Crippen LogP contribution in [0.2, 0.25) is 0 Å². The summed E-state index contributed by atoms with van der Waals surface area (Å²) in [5.41, 5.74) is 2.95. The van der Waals surface area contributed by atoms with Crippen molar-refractivity contribution in [3.8, 4) is 0 Å². The van der Waals surface area contributed by atoms with E-state index in [2.05, 4.69) is 15.5 Å². The van der Waals surface area contributed by atoms with Crippen molar-refractivity contribution in [3.63, 3.8) is 0 Å². The van der Waals surface area contributed by atoms with Crippen LogP contribution in [0.4, 0.5) is 15.8 Å². The van der Waals surface area contributed by atoms with E-state index in [-0.39, 0.29) is 22.7 Å². The Kier molecular flexibility index (Phi) is 7.29. The van der Waals surface area contributed by atoms with E-state index in [0.717, 1.165) is 20.5 Å². The van der Waals surface area contributed by atoms with Crippen LogP contribution in [-0.2, 0) is 6.42 Å². The van der Waals surface area contributed by atoms with Gasteiger partial charge in [0.15, 0.2) is 4.34 Å². The highest BCUT2D eigenvalue weighted by Gasteiger charge is 2.18. The summed E-state index contributed by atoms with van der Waals surface area (Å²) in [5, 5.41) is 22.8. The Morgan fingerprint density at radius 2 is 1.74 bits per heavy atom. The topological polar surface area (TPSA) is 98.0 Å². The maximum atomic E-state index is 13.1. The number of aryl methyl sites for hydroxylation is 1. The van der Waals surface area contributed by atoms with Crippen molar-refractivity contribution in [1.82, 2.24) is 10.2 Å². The van der Waals surface area contributed by atoms with Crippen LogP contribution in [0.1, 0.15) is 31.7 Å². The summed E-state index contributed by atoms with van der Waals surface area (Å²) >= 11 is 3.06. The average molecular weight is 495 g/mol. The summed E-state index contributed by atoms with van der Waals surface area (Å²) < 4.78 is 13.9. The molecule has 0 bridgehead atoms. The summed E-state index contributed by atoms with van der Waals surface area (Å²) in [6, 6.07) is 19.3. The van der Waals surface area contributed by atoms with Gasteiger partial charge in [-0.25, -0.2) is 4.39 Å². The number of carbonyl (C=O) groups is 1. The van der Waals surface area contributed by atoms with Crippen molar-refractivity contribution in [3.05, 3.63) is 110 Å².